The number of nitrogens with one attached hydrogen (secondary N) is 1. The van der Waals surface area contributed by atoms with Crippen molar-refractivity contribution < 1.29 is 18.0 Å². The number of carbonyl (C=O) groups excluding carboxylic acids is 2. The summed E-state index contributed by atoms with van der Waals surface area (Å²) in [6, 6.07) is 19.4. The summed E-state index contributed by atoms with van der Waals surface area (Å²) in [7, 11) is -4.24. The molecule has 3 rings (SSSR count). The van der Waals surface area contributed by atoms with Crippen molar-refractivity contribution in [1.29, 1.82) is 0 Å². The molecular formula is C30H35Cl2N3O4S. The van der Waals surface area contributed by atoms with Gasteiger partial charge >= 0.3 is 0 Å². The van der Waals surface area contributed by atoms with Crippen LogP contribution >= 0.6 is 23.2 Å². The molecule has 10 heteroatoms. The molecule has 1 N–H and O–H groups in total. The van der Waals surface area contributed by atoms with Crippen LogP contribution in [-0.4, -0.2) is 44.3 Å². The Kier molecular flexibility index (Phi) is 11.4. The summed E-state index contributed by atoms with van der Waals surface area (Å²) in [6.07, 6.45) is 2.07. The number of hydrogen-bond acceptors (Lipinski definition) is 4. The molecule has 0 aromatic heterocycles. The number of hydrogen-bond donors (Lipinski definition) is 1. The largest absolute Gasteiger partial charge is 0.354 e. The molecule has 0 spiro atoms. The predicted molar refractivity (Wildman–Crippen MR) is 161 cm³/mol. The number of benzene rings is 3. The van der Waals surface area contributed by atoms with Gasteiger partial charge in [-0.1, -0.05) is 97.6 Å². The highest BCUT2D eigenvalue weighted by molar-refractivity contribution is 7.92. The van der Waals surface area contributed by atoms with Crippen LogP contribution in [0.25, 0.3) is 0 Å². The second-order valence-corrected chi connectivity index (χ2v) is 12.1. The van der Waals surface area contributed by atoms with E-state index in [1.54, 1.807) is 24.3 Å². The van der Waals surface area contributed by atoms with Gasteiger partial charge in [0.15, 0.2) is 0 Å². The number of aryl methyl sites for hydroxylation is 1. The predicted octanol–water partition coefficient (Wildman–Crippen LogP) is 6.22. The molecule has 0 radical (unpaired) electrons. The highest BCUT2D eigenvalue weighted by atomic mass is 35.5. The van der Waals surface area contributed by atoms with Gasteiger partial charge < -0.3 is 10.2 Å². The Bertz CT molecular complexity index is 1400. The van der Waals surface area contributed by atoms with Gasteiger partial charge in [0, 0.05) is 13.1 Å². The third-order valence-electron chi connectivity index (χ3n) is 6.50. The molecule has 7 nitrogen and oxygen atoms in total. The van der Waals surface area contributed by atoms with Crippen molar-refractivity contribution in [3.05, 3.63) is 94.0 Å². The maximum absolute atomic E-state index is 14.1. The average Bonchev–Trinajstić information content (AvgIpc) is 2.94. The quantitative estimate of drug-likeness (QED) is 0.235. The van der Waals surface area contributed by atoms with Gasteiger partial charge in [-0.2, -0.15) is 0 Å². The minimum absolute atomic E-state index is 0.000835. The molecule has 0 saturated carbocycles. The number of nitrogens with zero attached hydrogens (tertiary/aromatic N) is 2. The number of sulfonamides is 1. The topological polar surface area (TPSA) is 86.8 Å². The zero-order valence-electron chi connectivity index (χ0n) is 22.9. The fourth-order valence-corrected chi connectivity index (χ4v) is 6.12. The van der Waals surface area contributed by atoms with Crippen molar-refractivity contribution in [2.75, 3.05) is 17.4 Å². The van der Waals surface area contributed by atoms with Crippen LogP contribution in [0.3, 0.4) is 0 Å². The zero-order chi connectivity index (χ0) is 29.3. The minimum atomic E-state index is -4.24. The van der Waals surface area contributed by atoms with E-state index in [9.17, 15) is 18.0 Å². The summed E-state index contributed by atoms with van der Waals surface area (Å²) in [4.78, 5) is 28.7. The van der Waals surface area contributed by atoms with E-state index in [0.29, 0.717) is 13.0 Å². The van der Waals surface area contributed by atoms with Crippen LogP contribution in [0, 0.1) is 6.92 Å². The summed E-state index contributed by atoms with van der Waals surface area (Å²) < 4.78 is 28.9. The van der Waals surface area contributed by atoms with E-state index in [2.05, 4.69) is 5.32 Å². The molecule has 1 atom stereocenters. The van der Waals surface area contributed by atoms with Crippen molar-refractivity contribution in [2.24, 2.45) is 0 Å². The first-order valence-corrected chi connectivity index (χ1v) is 15.4. The van der Waals surface area contributed by atoms with Crippen molar-refractivity contribution in [2.45, 2.75) is 57.5 Å². The van der Waals surface area contributed by atoms with Gasteiger partial charge in [-0.15, -0.1) is 0 Å². The summed E-state index contributed by atoms with van der Waals surface area (Å²) in [6.45, 7) is 5.74. The van der Waals surface area contributed by atoms with Gasteiger partial charge in [0.25, 0.3) is 10.0 Å². The van der Waals surface area contributed by atoms with Gasteiger partial charge in [-0.05, 0) is 49.6 Å². The molecular weight excluding hydrogens is 569 g/mol. The molecule has 0 heterocycles. The lowest BCUT2D eigenvalue weighted by Crippen LogP contribution is -2.52. The molecule has 0 aliphatic carbocycles. The molecule has 0 aliphatic rings. The number of unbranched alkanes of at least 4 members (excludes halogenated alkanes) is 1. The number of carbonyl (C=O) groups is 2. The first kappa shape index (κ1) is 31.5. The lowest BCUT2D eigenvalue weighted by molar-refractivity contribution is -0.140. The molecule has 214 valence electrons. The fourth-order valence-electron chi connectivity index (χ4n) is 4.24. The van der Waals surface area contributed by atoms with Crippen LogP contribution < -0.4 is 9.62 Å². The van der Waals surface area contributed by atoms with Crippen LogP contribution in [0.15, 0.2) is 77.7 Å². The van der Waals surface area contributed by atoms with Crippen molar-refractivity contribution in [1.82, 2.24) is 10.2 Å². The van der Waals surface area contributed by atoms with E-state index >= 15 is 0 Å². The van der Waals surface area contributed by atoms with Crippen molar-refractivity contribution in [3.8, 4) is 0 Å². The fraction of sp³-hybridized carbons (Fsp3) is 0.333. The number of halogens is 2. The van der Waals surface area contributed by atoms with Gasteiger partial charge in [0.2, 0.25) is 11.8 Å². The third-order valence-corrected chi connectivity index (χ3v) is 9.08. The maximum Gasteiger partial charge on any atom is 0.264 e. The number of rotatable bonds is 13. The number of amides is 2. The SMILES string of the molecule is CCCCNC(=O)C(CC)N(Cc1ccccc1)C(=O)CN(c1cccc(Cl)c1Cl)S(=O)(=O)c1ccc(C)cc1. The van der Waals surface area contributed by atoms with E-state index in [1.807, 2.05) is 51.1 Å². The van der Waals surface area contributed by atoms with Crippen LogP contribution in [0.2, 0.25) is 10.0 Å². The lowest BCUT2D eigenvalue weighted by Gasteiger charge is -2.33. The van der Waals surface area contributed by atoms with Crippen molar-refractivity contribution in [3.63, 3.8) is 0 Å². The Labute approximate surface area is 247 Å². The smallest absolute Gasteiger partial charge is 0.264 e. The Morgan fingerprint density at radius 1 is 0.925 bits per heavy atom. The summed E-state index contributed by atoms with van der Waals surface area (Å²) >= 11 is 12.7. The average molecular weight is 605 g/mol. The van der Waals surface area contributed by atoms with Gasteiger partial charge in [-0.3, -0.25) is 13.9 Å². The van der Waals surface area contributed by atoms with E-state index in [-0.39, 0.29) is 33.1 Å². The van der Waals surface area contributed by atoms with E-state index in [0.717, 1.165) is 28.3 Å². The Morgan fingerprint density at radius 2 is 1.60 bits per heavy atom. The van der Waals surface area contributed by atoms with E-state index in [4.69, 9.17) is 23.2 Å². The second kappa shape index (κ2) is 14.5. The molecule has 1 unspecified atom stereocenters. The first-order chi connectivity index (χ1) is 19.1. The number of anilines is 1. The van der Waals surface area contributed by atoms with E-state index < -0.39 is 28.5 Å². The molecule has 0 bridgehead atoms. The first-order valence-electron chi connectivity index (χ1n) is 13.2. The molecule has 3 aromatic rings. The minimum Gasteiger partial charge on any atom is -0.354 e. The maximum atomic E-state index is 14.1. The Balaban J connectivity index is 2.06. The normalized spacial score (nSPS) is 12.0. The standard InChI is InChI=1S/C30H35Cl2N3O4S/c1-4-6-19-33-30(37)26(5-2)34(20-23-11-8-7-9-12-23)28(36)21-35(27-14-10-13-25(31)29(27)32)40(38,39)24-17-15-22(3)16-18-24/h7-18,26H,4-6,19-21H2,1-3H3,(H,33,37). The monoisotopic (exact) mass is 603 g/mol. The lowest BCUT2D eigenvalue weighted by atomic mass is 10.1. The van der Waals surface area contributed by atoms with Crippen LogP contribution in [0.1, 0.15) is 44.2 Å². The molecule has 0 saturated heterocycles. The molecule has 40 heavy (non-hydrogen) atoms. The Hall–Kier alpha value is -3.07. The van der Waals surface area contributed by atoms with Gasteiger partial charge in [-0.25, -0.2) is 8.42 Å². The highest BCUT2D eigenvalue weighted by Gasteiger charge is 2.34. The third kappa shape index (κ3) is 7.77. The summed E-state index contributed by atoms with van der Waals surface area (Å²) in [5.74, 6) is -0.831. The zero-order valence-corrected chi connectivity index (χ0v) is 25.3. The van der Waals surface area contributed by atoms with Crippen LogP contribution in [0.4, 0.5) is 5.69 Å². The van der Waals surface area contributed by atoms with Gasteiger partial charge in [0.05, 0.1) is 20.6 Å². The molecule has 0 fully saturated rings. The molecule has 3 aromatic carbocycles. The Morgan fingerprint density at radius 3 is 2.23 bits per heavy atom. The highest BCUT2D eigenvalue weighted by Crippen LogP contribution is 2.35. The molecule has 2 amide bonds. The summed E-state index contributed by atoms with van der Waals surface area (Å²) in [5, 5.41) is 3.07. The summed E-state index contributed by atoms with van der Waals surface area (Å²) in [5.41, 5.74) is 1.77. The van der Waals surface area contributed by atoms with Gasteiger partial charge in [0.1, 0.15) is 12.6 Å². The van der Waals surface area contributed by atoms with Crippen LogP contribution in [-0.2, 0) is 26.2 Å². The second-order valence-electron chi connectivity index (χ2n) is 9.47. The molecule has 0 aliphatic heterocycles. The van der Waals surface area contributed by atoms with E-state index in [1.165, 1.54) is 23.1 Å². The van der Waals surface area contributed by atoms with Crippen LogP contribution in [0.5, 0.6) is 0 Å². The van der Waals surface area contributed by atoms with Crippen molar-refractivity contribution >= 4 is 50.7 Å².